The van der Waals surface area contributed by atoms with Gasteiger partial charge in [-0.25, -0.2) is 5.43 Å². The Kier molecular flexibility index (Phi) is 6.82. The number of nitrogens with zero attached hydrogens (tertiary/aromatic N) is 1. The van der Waals surface area contributed by atoms with E-state index in [1.165, 1.54) is 5.56 Å². The van der Waals surface area contributed by atoms with Crippen LogP contribution in [-0.4, -0.2) is 18.7 Å². The molecule has 0 aromatic heterocycles. The Morgan fingerprint density at radius 3 is 2.54 bits per heavy atom. The van der Waals surface area contributed by atoms with E-state index in [1.807, 2.05) is 44.2 Å². The van der Waals surface area contributed by atoms with Gasteiger partial charge in [-0.1, -0.05) is 41.9 Å². The quantitative estimate of drug-likeness (QED) is 0.608. The van der Waals surface area contributed by atoms with Crippen LogP contribution in [0.25, 0.3) is 0 Å². The zero-order valence-electron chi connectivity index (χ0n) is 13.9. The summed E-state index contributed by atoms with van der Waals surface area (Å²) in [5, 5.41) is 4.64. The zero-order valence-corrected chi connectivity index (χ0v) is 14.6. The molecule has 0 saturated heterocycles. The van der Waals surface area contributed by atoms with Crippen molar-refractivity contribution >= 4 is 23.7 Å². The Labute approximate surface area is 147 Å². The molecular formula is C19H21ClN2O2. The third kappa shape index (κ3) is 5.70. The number of ether oxygens (including phenoxy) is 1. The highest BCUT2D eigenvalue weighted by molar-refractivity contribution is 6.32. The number of rotatable bonds is 7. The van der Waals surface area contributed by atoms with Crippen molar-refractivity contribution < 1.29 is 9.53 Å². The Balaban J connectivity index is 1.71. The van der Waals surface area contributed by atoms with Crippen molar-refractivity contribution in [1.29, 1.82) is 0 Å². The van der Waals surface area contributed by atoms with Crippen LogP contribution in [0.3, 0.4) is 0 Å². The molecule has 126 valence electrons. The number of nitrogens with one attached hydrogen (secondary N) is 1. The standard InChI is InChI=1S/C19H21ClN2O2/c1-14-11-17(12-15(2)19(14)20)24-13-18(23)22-21-10-6-9-16-7-4-3-5-8-16/h3-5,7-8,10-12H,6,9,13H2,1-2H3,(H,22,23)/b21-10+. The summed E-state index contributed by atoms with van der Waals surface area (Å²) in [6, 6.07) is 13.8. The van der Waals surface area contributed by atoms with Gasteiger partial charge in [0.05, 0.1) is 0 Å². The fraction of sp³-hybridized carbons (Fsp3) is 0.263. The first-order valence-electron chi connectivity index (χ1n) is 7.80. The summed E-state index contributed by atoms with van der Waals surface area (Å²) in [6.45, 7) is 3.72. The second-order valence-corrected chi connectivity index (χ2v) is 5.91. The largest absolute Gasteiger partial charge is 0.484 e. The van der Waals surface area contributed by atoms with Crippen LogP contribution in [0.4, 0.5) is 0 Å². The lowest BCUT2D eigenvalue weighted by molar-refractivity contribution is -0.123. The van der Waals surface area contributed by atoms with Crippen LogP contribution in [0, 0.1) is 13.8 Å². The molecule has 2 aromatic carbocycles. The summed E-state index contributed by atoms with van der Waals surface area (Å²) in [5.41, 5.74) is 5.55. The van der Waals surface area contributed by atoms with Gasteiger partial charge in [-0.3, -0.25) is 4.79 Å². The van der Waals surface area contributed by atoms with Gasteiger partial charge in [0.15, 0.2) is 6.61 Å². The molecule has 0 radical (unpaired) electrons. The monoisotopic (exact) mass is 344 g/mol. The Morgan fingerprint density at radius 2 is 1.88 bits per heavy atom. The number of hydrazone groups is 1. The van der Waals surface area contributed by atoms with Crippen molar-refractivity contribution in [3.8, 4) is 5.75 Å². The molecule has 2 rings (SSSR count). The molecule has 0 atom stereocenters. The van der Waals surface area contributed by atoms with E-state index in [0.29, 0.717) is 5.75 Å². The van der Waals surface area contributed by atoms with Crippen molar-refractivity contribution in [3.05, 3.63) is 64.2 Å². The van der Waals surface area contributed by atoms with Gasteiger partial charge in [0.1, 0.15) is 5.75 Å². The molecule has 0 bridgehead atoms. The molecule has 24 heavy (non-hydrogen) atoms. The normalized spacial score (nSPS) is 10.8. The molecule has 1 N–H and O–H groups in total. The number of carbonyl (C=O) groups excluding carboxylic acids is 1. The molecule has 0 fully saturated rings. The van der Waals surface area contributed by atoms with Crippen molar-refractivity contribution in [2.45, 2.75) is 26.7 Å². The average Bonchev–Trinajstić information content (AvgIpc) is 2.58. The summed E-state index contributed by atoms with van der Waals surface area (Å²) in [5.74, 6) is 0.328. The van der Waals surface area contributed by atoms with Crippen LogP contribution in [0.15, 0.2) is 47.6 Å². The average molecular weight is 345 g/mol. The van der Waals surface area contributed by atoms with E-state index in [2.05, 4.69) is 22.7 Å². The third-order valence-corrected chi connectivity index (χ3v) is 4.06. The number of benzene rings is 2. The van der Waals surface area contributed by atoms with E-state index in [9.17, 15) is 4.79 Å². The summed E-state index contributed by atoms with van der Waals surface area (Å²) < 4.78 is 5.47. The van der Waals surface area contributed by atoms with Gasteiger partial charge >= 0.3 is 0 Å². The number of halogens is 1. The molecule has 0 aliphatic rings. The number of aryl methyl sites for hydroxylation is 3. The maximum Gasteiger partial charge on any atom is 0.277 e. The second kappa shape index (κ2) is 9.08. The van der Waals surface area contributed by atoms with Gasteiger partial charge in [0.2, 0.25) is 0 Å². The van der Waals surface area contributed by atoms with E-state index in [1.54, 1.807) is 6.21 Å². The molecule has 0 spiro atoms. The number of amides is 1. The highest BCUT2D eigenvalue weighted by Crippen LogP contribution is 2.25. The van der Waals surface area contributed by atoms with E-state index in [-0.39, 0.29) is 12.5 Å². The van der Waals surface area contributed by atoms with Crippen molar-refractivity contribution in [2.24, 2.45) is 5.10 Å². The molecule has 0 aliphatic heterocycles. The summed E-state index contributed by atoms with van der Waals surface area (Å²) in [4.78, 5) is 11.7. The van der Waals surface area contributed by atoms with Crippen LogP contribution in [0.1, 0.15) is 23.1 Å². The van der Waals surface area contributed by atoms with E-state index >= 15 is 0 Å². The van der Waals surface area contributed by atoms with Crippen LogP contribution in [-0.2, 0) is 11.2 Å². The van der Waals surface area contributed by atoms with E-state index < -0.39 is 0 Å². The predicted octanol–water partition coefficient (Wildman–Crippen LogP) is 4.07. The van der Waals surface area contributed by atoms with Crippen molar-refractivity contribution in [3.63, 3.8) is 0 Å². The fourth-order valence-electron chi connectivity index (χ4n) is 2.23. The first-order valence-corrected chi connectivity index (χ1v) is 8.18. The lowest BCUT2D eigenvalue weighted by Crippen LogP contribution is -2.24. The molecule has 0 saturated carbocycles. The van der Waals surface area contributed by atoms with Gasteiger partial charge in [-0.05, 0) is 55.5 Å². The smallest absolute Gasteiger partial charge is 0.277 e. The van der Waals surface area contributed by atoms with Gasteiger partial charge in [0, 0.05) is 11.2 Å². The minimum atomic E-state index is -0.295. The molecule has 0 aliphatic carbocycles. The number of hydrogen-bond donors (Lipinski definition) is 1. The maximum absolute atomic E-state index is 11.7. The zero-order chi connectivity index (χ0) is 17.4. The second-order valence-electron chi connectivity index (χ2n) is 5.53. The maximum atomic E-state index is 11.7. The van der Waals surface area contributed by atoms with Gasteiger partial charge < -0.3 is 4.74 Å². The molecular weight excluding hydrogens is 324 g/mol. The van der Waals surface area contributed by atoms with Crippen LogP contribution in [0.2, 0.25) is 5.02 Å². The Morgan fingerprint density at radius 1 is 1.21 bits per heavy atom. The van der Waals surface area contributed by atoms with Crippen molar-refractivity contribution in [1.82, 2.24) is 5.43 Å². The molecule has 2 aromatic rings. The molecule has 0 heterocycles. The SMILES string of the molecule is Cc1cc(OCC(=O)N/N=C/CCc2ccccc2)cc(C)c1Cl. The number of carbonyl (C=O) groups is 1. The van der Waals surface area contributed by atoms with Gasteiger partial charge in [-0.15, -0.1) is 0 Å². The van der Waals surface area contributed by atoms with Gasteiger partial charge in [0.25, 0.3) is 5.91 Å². The van der Waals surface area contributed by atoms with E-state index in [4.69, 9.17) is 16.3 Å². The summed E-state index contributed by atoms with van der Waals surface area (Å²) >= 11 is 6.10. The first-order chi connectivity index (χ1) is 11.6. The minimum Gasteiger partial charge on any atom is -0.484 e. The van der Waals surface area contributed by atoms with Gasteiger partial charge in [-0.2, -0.15) is 5.10 Å². The predicted molar refractivity (Wildman–Crippen MR) is 97.8 cm³/mol. The lowest BCUT2D eigenvalue weighted by atomic mass is 10.1. The molecule has 5 heteroatoms. The Bertz CT molecular complexity index is 692. The number of hydrogen-bond acceptors (Lipinski definition) is 3. The van der Waals surface area contributed by atoms with Crippen LogP contribution >= 0.6 is 11.6 Å². The first kappa shape index (κ1) is 18.0. The minimum absolute atomic E-state index is 0.0868. The third-order valence-electron chi connectivity index (χ3n) is 3.47. The van der Waals surface area contributed by atoms with Crippen LogP contribution < -0.4 is 10.2 Å². The van der Waals surface area contributed by atoms with E-state index in [0.717, 1.165) is 29.0 Å². The molecule has 1 amide bonds. The molecule has 0 unspecified atom stereocenters. The summed E-state index contributed by atoms with van der Waals surface area (Å²) in [7, 11) is 0. The topological polar surface area (TPSA) is 50.7 Å². The fourth-order valence-corrected chi connectivity index (χ4v) is 2.34. The highest BCUT2D eigenvalue weighted by Gasteiger charge is 2.06. The van der Waals surface area contributed by atoms with Crippen molar-refractivity contribution in [2.75, 3.05) is 6.61 Å². The highest BCUT2D eigenvalue weighted by atomic mass is 35.5. The lowest BCUT2D eigenvalue weighted by Gasteiger charge is -2.09. The molecule has 4 nitrogen and oxygen atoms in total. The van der Waals surface area contributed by atoms with Crippen LogP contribution in [0.5, 0.6) is 5.75 Å². The summed E-state index contributed by atoms with van der Waals surface area (Å²) in [6.07, 6.45) is 3.35. The Hall–Kier alpha value is -2.33.